The highest BCUT2D eigenvalue weighted by molar-refractivity contribution is 5.93. The number of hydrogen-bond acceptors (Lipinski definition) is 3. The van der Waals surface area contributed by atoms with E-state index in [0.29, 0.717) is 5.69 Å². The van der Waals surface area contributed by atoms with E-state index < -0.39 is 0 Å². The Morgan fingerprint density at radius 2 is 2.43 bits per heavy atom. The molecule has 1 aromatic rings. The van der Waals surface area contributed by atoms with Crippen molar-refractivity contribution in [3.05, 3.63) is 17.2 Å². The zero-order chi connectivity index (χ0) is 10.1. The van der Waals surface area contributed by atoms with E-state index in [1.54, 1.807) is 7.05 Å². The Balaban J connectivity index is 2.47. The number of aromatic nitrogens is 2. The van der Waals surface area contributed by atoms with Gasteiger partial charge in [0.25, 0.3) is 5.91 Å². The Bertz CT molecular complexity index is 369. The lowest BCUT2D eigenvalue weighted by Gasteiger charge is -2.16. The van der Waals surface area contributed by atoms with Crippen molar-refractivity contribution in [1.29, 1.82) is 0 Å². The summed E-state index contributed by atoms with van der Waals surface area (Å²) in [5, 5.41) is 5.86. The number of nitrogens with zero attached hydrogens (tertiary/aromatic N) is 2. The maximum absolute atomic E-state index is 11.6. The number of carbonyl (C=O) groups excluding carboxylic acids is 1. The predicted octanol–water partition coefficient (Wildman–Crippen LogP) is -0.346. The predicted molar refractivity (Wildman–Crippen MR) is 52.1 cm³/mol. The van der Waals surface area contributed by atoms with Crippen LogP contribution in [0.3, 0.4) is 0 Å². The number of nitrogens with one attached hydrogen (secondary N) is 2. The van der Waals surface area contributed by atoms with Crippen molar-refractivity contribution in [2.75, 3.05) is 13.6 Å². The highest BCUT2D eigenvalue weighted by Crippen LogP contribution is 2.13. The van der Waals surface area contributed by atoms with E-state index in [1.165, 1.54) is 0 Å². The average Bonchev–Trinajstić information content (AvgIpc) is 2.53. The Morgan fingerprint density at radius 1 is 1.64 bits per heavy atom. The van der Waals surface area contributed by atoms with Crippen LogP contribution in [0.1, 0.15) is 22.0 Å². The van der Waals surface area contributed by atoms with Crippen LogP contribution in [0.2, 0.25) is 0 Å². The first kappa shape index (κ1) is 9.21. The first-order valence-electron chi connectivity index (χ1n) is 4.73. The zero-order valence-electron chi connectivity index (χ0n) is 8.42. The third-order valence-electron chi connectivity index (χ3n) is 2.46. The molecule has 1 aliphatic heterocycles. The van der Waals surface area contributed by atoms with Crippen molar-refractivity contribution in [2.24, 2.45) is 0 Å². The van der Waals surface area contributed by atoms with E-state index in [0.717, 1.165) is 31.2 Å². The summed E-state index contributed by atoms with van der Waals surface area (Å²) < 4.78 is 1.99. The molecule has 0 saturated carbocycles. The number of imidazole rings is 1. The molecule has 0 radical (unpaired) electrons. The van der Waals surface area contributed by atoms with E-state index >= 15 is 0 Å². The molecule has 1 aromatic heterocycles. The Morgan fingerprint density at radius 3 is 3.14 bits per heavy atom. The van der Waals surface area contributed by atoms with Crippen LogP contribution >= 0.6 is 0 Å². The molecule has 5 heteroatoms. The van der Waals surface area contributed by atoms with E-state index in [-0.39, 0.29) is 5.91 Å². The summed E-state index contributed by atoms with van der Waals surface area (Å²) in [5.41, 5.74) is 1.51. The van der Waals surface area contributed by atoms with Crippen LogP contribution in [0.4, 0.5) is 0 Å². The van der Waals surface area contributed by atoms with E-state index in [1.807, 2.05) is 11.5 Å². The van der Waals surface area contributed by atoms with Gasteiger partial charge in [-0.3, -0.25) is 4.79 Å². The lowest BCUT2D eigenvalue weighted by atomic mass is 10.3. The molecule has 2 rings (SSSR count). The maximum Gasteiger partial charge on any atom is 0.269 e. The molecule has 2 N–H and O–H groups in total. The quantitative estimate of drug-likeness (QED) is 0.642. The Labute approximate surface area is 82.5 Å². The van der Waals surface area contributed by atoms with E-state index in [2.05, 4.69) is 15.6 Å². The zero-order valence-corrected chi connectivity index (χ0v) is 8.42. The van der Waals surface area contributed by atoms with Gasteiger partial charge in [-0.2, -0.15) is 0 Å². The molecule has 0 aromatic carbocycles. The van der Waals surface area contributed by atoms with Crippen molar-refractivity contribution in [3.63, 3.8) is 0 Å². The number of rotatable bonds is 1. The summed E-state index contributed by atoms with van der Waals surface area (Å²) in [6, 6.07) is 0. The standard InChI is InChI=1S/C9H14N4O/c1-6-8(9(14)10-2)13-4-3-11-5-7(13)12-6/h11H,3-5H2,1-2H3,(H,10,14). The van der Waals surface area contributed by atoms with Crippen LogP contribution < -0.4 is 10.6 Å². The molecule has 0 aliphatic carbocycles. The number of aryl methyl sites for hydroxylation is 1. The minimum Gasteiger partial charge on any atom is -0.354 e. The fourth-order valence-electron chi connectivity index (χ4n) is 1.80. The highest BCUT2D eigenvalue weighted by atomic mass is 16.1. The third kappa shape index (κ3) is 1.29. The average molecular weight is 194 g/mol. The lowest BCUT2D eigenvalue weighted by Crippen LogP contribution is -2.31. The Kier molecular flexibility index (Phi) is 2.25. The summed E-state index contributed by atoms with van der Waals surface area (Å²) in [6.07, 6.45) is 0. The molecule has 0 unspecified atom stereocenters. The minimum absolute atomic E-state index is 0.0526. The molecule has 0 atom stereocenters. The number of carbonyl (C=O) groups is 1. The highest BCUT2D eigenvalue weighted by Gasteiger charge is 2.21. The molecular weight excluding hydrogens is 180 g/mol. The molecule has 1 aliphatic rings. The van der Waals surface area contributed by atoms with Crippen molar-refractivity contribution in [3.8, 4) is 0 Å². The van der Waals surface area contributed by atoms with Gasteiger partial charge in [-0.25, -0.2) is 4.98 Å². The van der Waals surface area contributed by atoms with Gasteiger partial charge >= 0.3 is 0 Å². The van der Waals surface area contributed by atoms with Gasteiger partial charge in [0.2, 0.25) is 0 Å². The minimum atomic E-state index is -0.0526. The normalized spacial score (nSPS) is 15.0. The fraction of sp³-hybridized carbons (Fsp3) is 0.556. The van der Waals surface area contributed by atoms with Gasteiger partial charge in [0.1, 0.15) is 11.5 Å². The van der Waals surface area contributed by atoms with E-state index in [9.17, 15) is 4.79 Å². The van der Waals surface area contributed by atoms with Gasteiger partial charge in [0.05, 0.1) is 12.2 Å². The summed E-state index contributed by atoms with van der Waals surface area (Å²) in [5.74, 6) is 0.899. The van der Waals surface area contributed by atoms with E-state index in [4.69, 9.17) is 0 Å². The maximum atomic E-state index is 11.6. The Hall–Kier alpha value is -1.36. The molecule has 0 fully saturated rings. The van der Waals surface area contributed by atoms with Crippen LogP contribution in [0.5, 0.6) is 0 Å². The van der Waals surface area contributed by atoms with Crippen LogP contribution in [0.15, 0.2) is 0 Å². The fourth-order valence-corrected chi connectivity index (χ4v) is 1.80. The number of fused-ring (bicyclic) bond motifs is 1. The summed E-state index contributed by atoms with van der Waals surface area (Å²) in [6.45, 7) is 4.33. The summed E-state index contributed by atoms with van der Waals surface area (Å²) in [7, 11) is 1.64. The van der Waals surface area contributed by atoms with Crippen LogP contribution in [0, 0.1) is 6.92 Å². The van der Waals surface area contributed by atoms with Crippen molar-refractivity contribution in [2.45, 2.75) is 20.0 Å². The molecule has 0 bridgehead atoms. The molecule has 0 spiro atoms. The smallest absolute Gasteiger partial charge is 0.269 e. The molecule has 0 saturated heterocycles. The topological polar surface area (TPSA) is 59.0 Å². The van der Waals surface area contributed by atoms with Crippen molar-refractivity contribution >= 4 is 5.91 Å². The second kappa shape index (κ2) is 3.42. The van der Waals surface area contributed by atoms with Gasteiger partial charge in [0, 0.05) is 20.1 Å². The molecule has 5 nitrogen and oxygen atoms in total. The SMILES string of the molecule is CNC(=O)c1c(C)nc2n1CCNC2. The van der Waals surface area contributed by atoms with Gasteiger partial charge in [-0.1, -0.05) is 0 Å². The summed E-state index contributed by atoms with van der Waals surface area (Å²) in [4.78, 5) is 15.9. The monoisotopic (exact) mass is 194 g/mol. The van der Waals surface area contributed by atoms with Crippen molar-refractivity contribution < 1.29 is 4.79 Å². The first-order valence-corrected chi connectivity index (χ1v) is 4.73. The molecule has 1 amide bonds. The van der Waals surface area contributed by atoms with Gasteiger partial charge in [0.15, 0.2) is 0 Å². The second-order valence-corrected chi connectivity index (χ2v) is 3.37. The third-order valence-corrected chi connectivity index (χ3v) is 2.46. The second-order valence-electron chi connectivity index (χ2n) is 3.37. The van der Waals surface area contributed by atoms with Gasteiger partial charge in [-0.05, 0) is 6.92 Å². The molecular formula is C9H14N4O. The first-order chi connectivity index (χ1) is 6.74. The van der Waals surface area contributed by atoms with Crippen LogP contribution in [-0.4, -0.2) is 29.1 Å². The summed E-state index contributed by atoms with van der Waals surface area (Å²) >= 11 is 0. The van der Waals surface area contributed by atoms with Gasteiger partial charge in [-0.15, -0.1) is 0 Å². The number of hydrogen-bond donors (Lipinski definition) is 2. The number of amides is 1. The van der Waals surface area contributed by atoms with Crippen LogP contribution in [0.25, 0.3) is 0 Å². The lowest BCUT2D eigenvalue weighted by molar-refractivity contribution is 0.0952. The molecule has 76 valence electrons. The molecule has 14 heavy (non-hydrogen) atoms. The van der Waals surface area contributed by atoms with Crippen LogP contribution in [-0.2, 0) is 13.1 Å². The largest absolute Gasteiger partial charge is 0.354 e. The van der Waals surface area contributed by atoms with Crippen molar-refractivity contribution in [1.82, 2.24) is 20.2 Å². The molecule has 2 heterocycles. The van der Waals surface area contributed by atoms with Gasteiger partial charge < -0.3 is 15.2 Å².